The summed E-state index contributed by atoms with van der Waals surface area (Å²) in [6, 6.07) is 5.87. The molecule has 3 atom stereocenters. The quantitative estimate of drug-likeness (QED) is 0.778. The van der Waals surface area contributed by atoms with Gasteiger partial charge in [0.1, 0.15) is 24.9 Å². The van der Waals surface area contributed by atoms with Gasteiger partial charge in [-0.3, -0.25) is 4.79 Å². The van der Waals surface area contributed by atoms with Crippen molar-refractivity contribution in [3.8, 4) is 16.9 Å². The van der Waals surface area contributed by atoms with Gasteiger partial charge in [-0.05, 0) is 57.9 Å². The van der Waals surface area contributed by atoms with Crippen LogP contribution in [0.15, 0.2) is 24.5 Å². The van der Waals surface area contributed by atoms with Gasteiger partial charge in [-0.1, -0.05) is 6.42 Å². The van der Waals surface area contributed by atoms with Crippen LogP contribution in [0.1, 0.15) is 37.1 Å². The summed E-state index contributed by atoms with van der Waals surface area (Å²) in [5, 5.41) is 6.32. The molecular weight excluding hydrogens is 371 g/mol. The maximum absolute atomic E-state index is 13.2. The van der Waals surface area contributed by atoms with Crippen LogP contribution < -0.4 is 15.4 Å². The summed E-state index contributed by atoms with van der Waals surface area (Å²) in [6.07, 6.45) is 4.34. The molecule has 2 N–H and O–H groups in total. The zero-order valence-electron chi connectivity index (χ0n) is 16.9. The number of ether oxygens (including phenoxy) is 1. The van der Waals surface area contributed by atoms with E-state index in [4.69, 9.17) is 4.74 Å². The normalized spacial score (nSPS) is 23.5. The third-order valence-electron chi connectivity index (χ3n) is 5.64. The van der Waals surface area contributed by atoms with Crippen molar-refractivity contribution in [3.63, 3.8) is 0 Å². The second kappa shape index (κ2) is 8.45. The molecule has 1 aliphatic carbocycles. The largest absolute Gasteiger partial charge is 0.491 e. The van der Waals surface area contributed by atoms with Crippen molar-refractivity contribution in [3.05, 3.63) is 35.9 Å². The van der Waals surface area contributed by atoms with E-state index in [1.807, 2.05) is 26.0 Å². The minimum Gasteiger partial charge on any atom is -0.491 e. The molecule has 6 nitrogen and oxygen atoms in total. The molecule has 1 saturated carbocycles. The molecule has 2 fully saturated rings. The van der Waals surface area contributed by atoms with Crippen molar-refractivity contribution in [1.82, 2.24) is 15.3 Å². The highest BCUT2D eigenvalue weighted by Crippen LogP contribution is 2.38. The highest BCUT2D eigenvalue weighted by atomic mass is 19.1. The van der Waals surface area contributed by atoms with E-state index in [0.29, 0.717) is 24.8 Å². The lowest BCUT2D eigenvalue weighted by molar-refractivity contribution is -0.117. The summed E-state index contributed by atoms with van der Waals surface area (Å²) in [4.78, 5) is 20.8. The lowest BCUT2D eigenvalue weighted by Gasteiger charge is -2.24. The number of piperidine rings is 1. The first-order valence-corrected chi connectivity index (χ1v) is 10.3. The number of hydrogen-bond donors (Lipinski definition) is 2. The average molecular weight is 398 g/mol. The van der Waals surface area contributed by atoms with Crippen molar-refractivity contribution in [2.24, 2.45) is 5.92 Å². The van der Waals surface area contributed by atoms with E-state index < -0.39 is 12.1 Å². The number of rotatable bonds is 6. The molecule has 2 aliphatic rings. The minimum absolute atomic E-state index is 0.277. The Labute approximate surface area is 170 Å². The van der Waals surface area contributed by atoms with Gasteiger partial charge in [0.15, 0.2) is 0 Å². The summed E-state index contributed by atoms with van der Waals surface area (Å²) in [5.41, 5.74) is 4.03. The van der Waals surface area contributed by atoms with E-state index in [9.17, 15) is 9.18 Å². The first-order valence-electron chi connectivity index (χ1n) is 10.3. The van der Waals surface area contributed by atoms with Crippen LogP contribution in [0.25, 0.3) is 11.1 Å². The third kappa shape index (κ3) is 4.56. The van der Waals surface area contributed by atoms with Gasteiger partial charge >= 0.3 is 0 Å². The fourth-order valence-corrected chi connectivity index (χ4v) is 3.84. The van der Waals surface area contributed by atoms with Gasteiger partial charge in [0.25, 0.3) is 0 Å². The number of amides is 1. The molecule has 0 spiro atoms. The smallest absolute Gasteiger partial charge is 0.230 e. The number of carbonyl (C=O) groups is 1. The Bertz CT molecular complexity index is 878. The van der Waals surface area contributed by atoms with Crippen molar-refractivity contribution in [2.45, 2.75) is 51.7 Å². The number of carbonyl (C=O) groups excluding carboxylic acids is 1. The minimum atomic E-state index is -1.02. The molecule has 29 heavy (non-hydrogen) atoms. The van der Waals surface area contributed by atoms with E-state index in [1.54, 1.807) is 12.4 Å². The number of nitrogens with zero attached hydrogens (tertiary/aromatic N) is 2. The number of hydrogen-bond acceptors (Lipinski definition) is 5. The predicted molar refractivity (Wildman–Crippen MR) is 110 cm³/mol. The van der Waals surface area contributed by atoms with Crippen LogP contribution in [0, 0.1) is 19.8 Å². The van der Waals surface area contributed by atoms with Gasteiger partial charge < -0.3 is 15.4 Å². The fourth-order valence-electron chi connectivity index (χ4n) is 3.84. The Kier molecular flexibility index (Phi) is 5.76. The summed E-state index contributed by atoms with van der Waals surface area (Å²) in [6.45, 7) is 5.46. The molecular formula is C22H27FN4O2. The van der Waals surface area contributed by atoms with E-state index in [0.717, 1.165) is 41.2 Å². The lowest BCUT2D eigenvalue weighted by Crippen LogP contribution is -2.38. The number of anilines is 1. The second-order valence-corrected chi connectivity index (χ2v) is 7.94. The number of alkyl halides is 1. The monoisotopic (exact) mass is 398 g/mol. The second-order valence-electron chi connectivity index (χ2n) is 7.94. The molecule has 2 aromatic rings. The molecule has 7 heteroatoms. The van der Waals surface area contributed by atoms with E-state index in [2.05, 4.69) is 20.6 Å². The summed E-state index contributed by atoms with van der Waals surface area (Å²) in [7, 11) is 0. The fraction of sp³-hybridized carbons (Fsp3) is 0.500. The van der Waals surface area contributed by atoms with Gasteiger partial charge in [-0.25, -0.2) is 14.4 Å². The molecule has 4 rings (SSSR count). The highest BCUT2D eigenvalue weighted by molar-refractivity contribution is 5.95. The van der Waals surface area contributed by atoms with Gasteiger partial charge in [-0.15, -0.1) is 0 Å². The molecule has 1 saturated heterocycles. The van der Waals surface area contributed by atoms with Crippen LogP contribution in [0.2, 0.25) is 0 Å². The number of halogens is 1. The zero-order chi connectivity index (χ0) is 20.4. The van der Waals surface area contributed by atoms with Gasteiger partial charge in [0.2, 0.25) is 5.91 Å². The highest BCUT2D eigenvalue weighted by Gasteiger charge is 2.43. The van der Waals surface area contributed by atoms with Crippen LogP contribution in [0.4, 0.5) is 10.1 Å². The Morgan fingerprint density at radius 1 is 1.28 bits per heavy atom. The maximum Gasteiger partial charge on any atom is 0.230 e. The molecule has 2 heterocycles. The van der Waals surface area contributed by atoms with Crippen LogP contribution in [-0.4, -0.2) is 41.2 Å². The first kappa shape index (κ1) is 19.8. The summed E-state index contributed by atoms with van der Waals surface area (Å²) in [5.74, 6) is -0.0808. The van der Waals surface area contributed by atoms with Crippen LogP contribution in [-0.2, 0) is 4.79 Å². The van der Waals surface area contributed by atoms with Crippen molar-refractivity contribution in [1.29, 1.82) is 0 Å². The first-order chi connectivity index (χ1) is 14.0. The number of benzene rings is 1. The predicted octanol–water partition coefficient (Wildman–Crippen LogP) is 3.58. The van der Waals surface area contributed by atoms with E-state index in [1.165, 1.54) is 12.8 Å². The number of aromatic nitrogens is 2. The maximum atomic E-state index is 13.2. The molecule has 154 valence electrons. The van der Waals surface area contributed by atoms with Gasteiger partial charge in [0.05, 0.1) is 5.92 Å². The molecule has 0 unspecified atom stereocenters. The number of nitrogens with one attached hydrogen (secondary N) is 2. The summed E-state index contributed by atoms with van der Waals surface area (Å²) >= 11 is 0. The third-order valence-corrected chi connectivity index (χ3v) is 5.64. The Balaban J connectivity index is 1.61. The SMILES string of the molecule is Cc1ncnc(C)c1-c1cc(NC(=O)[C@H]2C[C@H]2F)ccc1OC[C@H]1CCCCN1. The van der Waals surface area contributed by atoms with Crippen LogP contribution in [0.5, 0.6) is 5.75 Å². The Hall–Kier alpha value is -2.54. The van der Waals surface area contributed by atoms with Crippen molar-refractivity contribution < 1.29 is 13.9 Å². The molecule has 1 aromatic heterocycles. The number of aryl methyl sites for hydroxylation is 2. The topological polar surface area (TPSA) is 76.1 Å². The van der Waals surface area contributed by atoms with E-state index >= 15 is 0 Å². The zero-order valence-corrected chi connectivity index (χ0v) is 16.9. The molecule has 0 bridgehead atoms. The Morgan fingerprint density at radius 2 is 2.03 bits per heavy atom. The van der Waals surface area contributed by atoms with Crippen molar-refractivity contribution in [2.75, 3.05) is 18.5 Å². The summed E-state index contributed by atoms with van der Waals surface area (Å²) < 4.78 is 19.4. The molecule has 1 aromatic carbocycles. The molecule has 0 radical (unpaired) electrons. The van der Waals surface area contributed by atoms with Crippen molar-refractivity contribution >= 4 is 11.6 Å². The van der Waals surface area contributed by atoms with Gasteiger partial charge in [0, 0.05) is 34.2 Å². The Morgan fingerprint density at radius 3 is 2.69 bits per heavy atom. The molecule has 1 amide bonds. The van der Waals surface area contributed by atoms with Crippen LogP contribution >= 0.6 is 0 Å². The standard InChI is InChI=1S/C22H27FN4O2/c1-13-21(14(2)26-12-25-13)18-9-15(27-22(28)17-10-19(17)23)6-7-20(18)29-11-16-5-3-4-8-24-16/h6-7,9,12,16-17,19,24H,3-5,8,10-11H2,1-2H3,(H,27,28)/t16-,17+,19-/m1/s1. The van der Waals surface area contributed by atoms with E-state index in [-0.39, 0.29) is 5.91 Å². The average Bonchev–Trinajstić information content (AvgIpc) is 3.45. The van der Waals surface area contributed by atoms with Crippen LogP contribution in [0.3, 0.4) is 0 Å². The lowest BCUT2D eigenvalue weighted by atomic mass is 10.0. The van der Waals surface area contributed by atoms with Gasteiger partial charge in [-0.2, -0.15) is 0 Å². The molecule has 1 aliphatic heterocycles.